The second-order valence-electron chi connectivity index (χ2n) is 14.5. The summed E-state index contributed by atoms with van der Waals surface area (Å²) in [6, 6.07) is 10.9. The molecule has 11 nitrogen and oxygen atoms in total. The minimum atomic E-state index is -6.20. The highest BCUT2D eigenvalue weighted by molar-refractivity contribution is 14.1. The van der Waals surface area contributed by atoms with Gasteiger partial charge in [0.05, 0.1) is 22.1 Å². The summed E-state index contributed by atoms with van der Waals surface area (Å²) in [6.07, 6.45) is -0.144. The Morgan fingerprint density at radius 1 is 0.596 bits per heavy atom. The van der Waals surface area contributed by atoms with Gasteiger partial charge in [0.25, 0.3) is 17.7 Å². The molecule has 0 spiro atoms. The van der Waals surface area contributed by atoms with Crippen LogP contribution in [0, 0.1) is 37.5 Å². The molecule has 4 fully saturated rings. The molecule has 0 atom stereocenters. The van der Waals surface area contributed by atoms with Gasteiger partial charge in [-0.2, -0.15) is 8.78 Å². The Kier molecular flexibility index (Phi) is 15.0. The van der Waals surface area contributed by atoms with Gasteiger partial charge in [-0.05, 0) is 278 Å². The van der Waals surface area contributed by atoms with E-state index in [1.165, 1.54) is 0 Å². The molecule has 3 N–H and O–H groups in total. The van der Waals surface area contributed by atoms with Gasteiger partial charge in [0, 0.05) is 48.7 Å². The summed E-state index contributed by atoms with van der Waals surface area (Å²) in [4.78, 5) is 57.6. The van der Waals surface area contributed by atoms with Crippen molar-refractivity contribution in [3.05, 3.63) is 85.2 Å². The monoisotopic (exact) mass is 1810 g/mol. The molecule has 4 saturated carbocycles. The van der Waals surface area contributed by atoms with Gasteiger partial charge in [-0.25, -0.2) is 8.42 Å². The first-order chi connectivity index (χ1) is 26.2. The van der Waals surface area contributed by atoms with Crippen LogP contribution in [-0.4, -0.2) is 65.1 Å². The van der Waals surface area contributed by atoms with E-state index in [0.717, 1.165) is 21.4 Å². The van der Waals surface area contributed by atoms with Crippen LogP contribution < -0.4 is 16.0 Å². The molecule has 3 amide bonds. The Morgan fingerprint density at radius 2 is 0.895 bits per heavy atom. The van der Waals surface area contributed by atoms with Crippen LogP contribution >= 0.6 is 203 Å². The average Bonchev–Trinajstić information content (AvgIpc) is 3.06. The van der Waals surface area contributed by atoms with Gasteiger partial charge in [0.2, 0.25) is 0 Å². The number of alkyl halides is 2. The van der Waals surface area contributed by atoms with Gasteiger partial charge < -0.3 is 25.2 Å². The number of benzene rings is 3. The molecule has 306 valence electrons. The van der Waals surface area contributed by atoms with E-state index < -0.39 is 67.7 Å². The first-order valence-electron chi connectivity index (χ1n) is 16.2. The van der Waals surface area contributed by atoms with E-state index in [4.69, 9.17) is 4.74 Å². The van der Waals surface area contributed by atoms with E-state index in [-0.39, 0.29) is 38.5 Å². The van der Waals surface area contributed by atoms with Crippen molar-refractivity contribution >= 4 is 237 Å². The van der Waals surface area contributed by atoms with Gasteiger partial charge in [-0.3, -0.25) is 19.2 Å². The highest BCUT2D eigenvalue weighted by Gasteiger charge is 2.72. The number of halogens is 11. The third-order valence-corrected chi connectivity index (χ3v) is 21.9. The number of ether oxygens (including phenoxy) is 1. The van der Waals surface area contributed by atoms with Gasteiger partial charge in [0.15, 0.2) is 16.7 Å². The normalized spacial score (nSPS) is 25.2. The minimum absolute atomic E-state index is 0.100. The van der Waals surface area contributed by atoms with E-state index in [1.54, 1.807) is 18.2 Å². The molecule has 7 rings (SSSR count). The molecule has 0 aromatic heterocycles. The van der Waals surface area contributed by atoms with Crippen molar-refractivity contribution in [3.63, 3.8) is 0 Å². The van der Waals surface area contributed by atoms with Crippen molar-refractivity contribution < 1.29 is 45.7 Å². The third kappa shape index (κ3) is 10.1. The lowest BCUT2D eigenvalue weighted by molar-refractivity contribution is -0.187. The minimum Gasteiger partial charge on any atom is -0.743 e. The van der Waals surface area contributed by atoms with Crippen LogP contribution in [-0.2, 0) is 19.6 Å². The van der Waals surface area contributed by atoms with Gasteiger partial charge >= 0.3 is 11.2 Å². The molecule has 0 unspecified atom stereocenters. The standard InChI is InChI=1S/C34H24F2I9N3O8S/c35-34(36,57(53,54)55)13-56-29(52)30-7-31(46-26(49)17-1-14(37)4-20(40)23(17)43)10-32(8-30,47-27(50)18-2-15(38)5-21(41)24(18)44)12-33(9-30,11-31)48-28(51)19-3-16(39)6-22(42)25(19)45/h1-6H,7-13H2,(H,46,49)(H,47,50)(H,48,51)(H,53,54,55)/p-1. The first kappa shape index (κ1) is 48.3. The zero-order valence-electron chi connectivity index (χ0n) is 28.2. The van der Waals surface area contributed by atoms with Crippen LogP contribution in [0.5, 0.6) is 0 Å². The molecule has 0 aliphatic heterocycles. The zero-order chi connectivity index (χ0) is 42.3. The summed E-state index contributed by atoms with van der Waals surface area (Å²) >= 11 is 18.9. The Labute approximate surface area is 448 Å². The Bertz CT molecular complexity index is 2170. The average molecular weight is 1810 g/mol. The molecule has 23 heteroatoms. The summed E-state index contributed by atoms with van der Waals surface area (Å²) in [7, 11) is -6.20. The van der Waals surface area contributed by atoms with Crippen molar-refractivity contribution in [3.8, 4) is 0 Å². The van der Waals surface area contributed by atoms with Crippen LogP contribution in [0.3, 0.4) is 0 Å². The lowest BCUT2D eigenvalue weighted by Gasteiger charge is -2.69. The number of carbonyl (C=O) groups is 4. The molecule has 4 aliphatic rings. The lowest BCUT2D eigenvalue weighted by Crippen LogP contribution is -2.80. The molecular weight excluding hydrogens is 1790 g/mol. The van der Waals surface area contributed by atoms with Crippen molar-refractivity contribution in [2.24, 2.45) is 5.41 Å². The fourth-order valence-corrected chi connectivity index (χ4v) is 16.1. The van der Waals surface area contributed by atoms with Crippen LogP contribution in [0.1, 0.15) is 69.6 Å². The van der Waals surface area contributed by atoms with E-state index in [2.05, 4.69) is 219 Å². The molecule has 3 aromatic carbocycles. The number of carbonyl (C=O) groups excluding carboxylic acids is 4. The lowest BCUT2D eigenvalue weighted by atomic mass is 9.41. The fourth-order valence-electron chi connectivity index (χ4n) is 8.71. The topological polar surface area (TPSA) is 171 Å². The van der Waals surface area contributed by atoms with E-state index in [9.17, 15) is 40.9 Å². The van der Waals surface area contributed by atoms with Crippen molar-refractivity contribution in [2.75, 3.05) is 6.61 Å². The largest absolute Gasteiger partial charge is 0.743 e. The Balaban J connectivity index is 1.51. The fraction of sp³-hybridized carbons (Fsp3) is 0.353. The van der Waals surface area contributed by atoms with Gasteiger partial charge in [-0.15, -0.1) is 0 Å². The van der Waals surface area contributed by atoms with Crippen molar-refractivity contribution in [1.29, 1.82) is 0 Å². The quantitative estimate of drug-likeness (QED) is 0.0782. The van der Waals surface area contributed by atoms with Crippen LogP contribution in [0.15, 0.2) is 36.4 Å². The van der Waals surface area contributed by atoms with E-state index in [0.29, 0.717) is 27.4 Å². The van der Waals surface area contributed by atoms with Crippen LogP contribution in [0.2, 0.25) is 0 Å². The highest BCUT2D eigenvalue weighted by Crippen LogP contribution is 2.65. The maximum Gasteiger partial charge on any atom is 0.367 e. The second kappa shape index (κ2) is 17.7. The van der Waals surface area contributed by atoms with Crippen molar-refractivity contribution in [2.45, 2.75) is 60.4 Å². The molecule has 4 aliphatic carbocycles. The number of hydrogen-bond donors (Lipinski definition) is 3. The Hall–Kier alpha value is 1.88. The van der Waals surface area contributed by atoms with Crippen LogP contribution in [0.25, 0.3) is 0 Å². The zero-order valence-corrected chi connectivity index (χ0v) is 48.5. The second-order valence-corrected chi connectivity index (χ2v) is 26.4. The summed E-state index contributed by atoms with van der Waals surface area (Å²) in [5, 5.41) is 4.63. The molecule has 57 heavy (non-hydrogen) atoms. The molecule has 0 saturated heterocycles. The SMILES string of the molecule is O=C(NC12CC3(NC(=O)c4cc(I)cc(I)c4I)CC(NC(=O)c4cc(I)cc(I)c4I)(C1)CC(C(=O)OCC(F)(F)S(=O)(=O)[O-])(C2)C3)c1cc(I)cc(I)c1I. The summed E-state index contributed by atoms with van der Waals surface area (Å²) in [5.74, 6) is -2.71. The Morgan fingerprint density at radius 3 is 1.18 bits per heavy atom. The maximum absolute atomic E-state index is 14.5. The number of amides is 3. The number of esters is 1. The molecule has 0 heterocycles. The molecular formula is C34H23F2I9N3O8S-. The number of hydrogen-bond acceptors (Lipinski definition) is 8. The van der Waals surface area contributed by atoms with Gasteiger partial charge in [0.1, 0.15) is 0 Å². The molecule has 4 bridgehead atoms. The highest BCUT2D eigenvalue weighted by atomic mass is 127. The molecule has 0 radical (unpaired) electrons. The predicted octanol–water partition coefficient (Wildman–Crippen LogP) is 8.98. The van der Waals surface area contributed by atoms with Gasteiger partial charge in [-0.1, -0.05) is 0 Å². The number of nitrogens with one attached hydrogen (secondary N) is 3. The van der Waals surface area contributed by atoms with E-state index in [1.807, 2.05) is 18.2 Å². The first-order valence-corrected chi connectivity index (χ1v) is 27.3. The predicted molar refractivity (Wildman–Crippen MR) is 280 cm³/mol. The number of rotatable bonds is 10. The van der Waals surface area contributed by atoms with E-state index >= 15 is 0 Å². The summed E-state index contributed by atoms with van der Waals surface area (Å²) in [5.41, 5.74) is -4.72. The maximum atomic E-state index is 14.5. The smallest absolute Gasteiger partial charge is 0.367 e. The van der Waals surface area contributed by atoms with Crippen molar-refractivity contribution in [1.82, 2.24) is 16.0 Å². The molecule has 3 aromatic rings. The summed E-state index contributed by atoms with van der Waals surface area (Å²) < 4.78 is 75.2. The summed E-state index contributed by atoms with van der Waals surface area (Å²) in [6.45, 7) is -2.03. The third-order valence-electron chi connectivity index (χ3n) is 10.1. The van der Waals surface area contributed by atoms with Crippen LogP contribution in [0.4, 0.5) is 8.78 Å².